The first-order valence-corrected chi connectivity index (χ1v) is 8.15. The zero-order valence-corrected chi connectivity index (χ0v) is 14.5. The van der Waals surface area contributed by atoms with Crippen molar-refractivity contribution in [2.75, 3.05) is 5.32 Å². The van der Waals surface area contributed by atoms with Crippen LogP contribution in [0.2, 0.25) is 0 Å². The molecule has 3 aromatic rings. The first kappa shape index (κ1) is 16.2. The Morgan fingerprint density at radius 1 is 1.29 bits per heavy atom. The lowest BCUT2D eigenvalue weighted by Gasteiger charge is -2.09. The van der Waals surface area contributed by atoms with Gasteiger partial charge < -0.3 is 15.6 Å². The van der Waals surface area contributed by atoms with Crippen LogP contribution in [-0.4, -0.2) is 21.4 Å². The monoisotopic (exact) mass is 386 g/mol. The van der Waals surface area contributed by atoms with Gasteiger partial charge in [-0.05, 0) is 53.2 Å². The fourth-order valence-corrected chi connectivity index (χ4v) is 3.27. The van der Waals surface area contributed by atoms with Crippen LogP contribution in [-0.2, 0) is 6.54 Å². The average molecular weight is 387 g/mol. The molecule has 0 aliphatic heterocycles. The number of pyridine rings is 1. The summed E-state index contributed by atoms with van der Waals surface area (Å²) in [5.74, 6) is -0.891. The summed E-state index contributed by atoms with van der Waals surface area (Å²) in [7, 11) is 0. The molecule has 7 heteroatoms. The second kappa shape index (κ2) is 6.45. The molecule has 1 aromatic carbocycles. The lowest BCUT2D eigenvalue weighted by molar-refractivity contribution is 0.0995. The highest BCUT2D eigenvalue weighted by Gasteiger charge is 2.17. The van der Waals surface area contributed by atoms with E-state index in [1.165, 1.54) is 6.07 Å². The maximum atomic E-state index is 12.7. The maximum absolute atomic E-state index is 12.7. The summed E-state index contributed by atoms with van der Waals surface area (Å²) in [5, 5.41) is 3.69. The molecule has 2 heterocycles. The molecule has 0 aliphatic rings. The summed E-state index contributed by atoms with van der Waals surface area (Å²) in [6.45, 7) is 2.70. The van der Waals surface area contributed by atoms with E-state index in [1.807, 2.05) is 23.6 Å². The predicted octanol–water partition coefficient (Wildman–Crippen LogP) is 3.17. The largest absolute Gasteiger partial charge is 0.366 e. The molecule has 24 heavy (non-hydrogen) atoms. The second-order valence-corrected chi connectivity index (χ2v) is 6.02. The number of anilines is 1. The number of aromatic nitrogens is 2. The van der Waals surface area contributed by atoms with Gasteiger partial charge in [-0.1, -0.05) is 6.07 Å². The lowest BCUT2D eigenvalue weighted by atomic mass is 10.2. The molecule has 0 bridgehead atoms. The van der Waals surface area contributed by atoms with E-state index in [0.29, 0.717) is 23.5 Å². The molecule has 2 aromatic heterocycles. The standard InChI is InChI=1S/C17H15BrN4O2/c1-2-22-13(18)9-10-6-7-20-14(15(10)22)17(24)21-12-5-3-4-11(8-12)16(19)23/h3-9H,2H2,1H3,(H2,19,23)(H,21,24). The predicted molar refractivity (Wildman–Crippen MR) is 96.0 cm³/mol. The Kier molecular flexibility index (Phi) is 4.35. The smallest absolute Gasteiger partial charge is 0.276 e. The Morgan fingerprint density at radius 3 is 2.79 bits per heavy atom. The Bertz CT molecular complexity index is 949. The highest BCUT2D eigenvalue weighted by molar-refractivity contribution is 9.10. The molecule has 0 saturated heterocycles. The van der Waals surface area contributed by atoms with E-state index in [0.717, 1.165) is 15.5 Å². The minimum absolute atomic E-state index is 0.324. The summed E-state index contributed by atoms with van der Waals surface area (Å²) >= 11 is 3.50. The summed E-state index contributed by atoms with van der Waals surface area (Å²) in [4.78, 5) is 28.2. The van der Waals surface area contributed by atoms with Gasteiger partial charge in [0.2, 0.25) is 5.91 Å². The van der Waals surface area contributed by atoms with Gasteiger partial charge in [0.1, 0.15) is 0 Å². The molecule has 0 unspecified atom stereocenters. The number of hydrogen-bond acceptors (Lipinski definition) is 3. The highest BCUT2D eigenvalue weighted by Crippen LogP contribution is 2.26. The molecule has 0 atom stereocenters. The fraction of sp³-hybridized carbons (Fsp3) is 0.118. The summed E-state index contributed by atoms with van der Waals surface area (Å²) in [5.41, 5.74) is 7.17. The van der Waals surface area contributed by atoms with Crippen LogP contribution in [0.4, 0.5) is 5.69 Å². The van der Waals surface area contributed by atoms with Crippen molar-refractivity contribution in [2.45, 2.75) is 13.5 Å². The number of carbonyl (C=O) groups excluding carboxylic acids is 2. The summed E-state index contributed by atoms with van der Waals surface area (Å²) in [6, 6.07) is 10.3. The molecular formula is C17H15BrN4O2. The van der Waals surface area contributed by atoms with Gasteiger partial charge in [0.15, 0.2) is 5.69 Å². The maximum Gasteiger partial charge on any atom is 0.276 e. The van der Waals surface area contributed by atoms with Gasteiger partial charge in [-0.3, -0.25) is 9.59 Å². The van der Waals surface area contributed by atoms with E-state index in [9.17, 15) is 9.59 Å². The third-order valence-corrected chi connectivity index (χ3v) is 4.35. The molecule has 2 amide bonds. The molecule has 0 spiro atoms. The first-order chi connectivity index (χ1) is 11.5. The molecule has 3 N–H and O–H groups in total. The van der Waals surface area contributed by atoms with Gasteiger partial charge in [0.25, 0.3) is 5.91 Å². The van der Waals surface area contributed by atoms with E-state index in [-0.39, 0.29) is 5.91 Å². The Morgan fingerprint density at radius 2 is 2.08 bits per heavy atom. The van der Waals surface area contributed by atoms with Crippen molar-refractivity contribution >= 4 is 44.3 Å². The number of rotatable bonds is 4. The third kappa shape index (κ3) is 2.90. The number of aryl methyl sites for hydroxylation is 1. The van der Waals surface area contributed by atoms with E-state index in [4.69, 9.17) is 5.73 Å². The minimum Gasteiger partial charge on any atom is -0.366 e. The van der Waals surface area contributed by atoms with Crippen molar-refractivity contribution in [1.29, 1.82) is 0 Å². The van der Waals surface area contributed by atoms with Gasteiger partial charge in [-0.2, -0.15) is 0 Å². The average Bonchev–Trinajstić information content (AvgIpc) is 2.89. The first-order valence-electron chi connectivity index (χ1n) is 7.36. The van der Waals surface area contributed by atoms with E-state index in [2.05, 4.69) is 26.2 Å². The van der Waals surface area contributed by atoms with Crippen molar-refractivity contribution in [3.05, 3.63) is 58.5 Å². The molecule has 0 saturated carbocycles. The number of benzene rings is 1. The summed E-state index contributed by atoms with van der Waals surface area (Å²) in [6.07, 6.45) is 1.60. The highest BCUT2D eigenvalue weighted by atomic mass is 79.9. The van der Waals surface area contributed by atoms with Crippen LogP contribution in [0.5, 0.6) is 0 Å². The van der Waals surface area contributed by atoms with E-state index in [1.54, 1.807) is 24.4 Å². The Hall–Kier alpha value is -2.67. The normalized spacial score (nSPS) is 10.8. The van der Waals surface area contributed by atoms with Crippen LogP contribution in [0.1, 0.15) is 27.8 Å². The minimum atomic E-state index is -0.546. The zero-order valence-electron chi connectivity index (χ0n) is 12.9. The van der Waals surface area contributed by atoms with Crippen LogP contribution in [0.15, 0.2) is 47.2 Å². The number of fused-ring (bicyclic) bond motifs is 1. The number of carbonyl (C=O) groups is 2. The number of hydrogen-bond donors (Lipinski definition) is 2. The van der Waals surface area contributed by atoms with E-state index >= 15 is 0 Å². The number of nitrogens with two attached hydrogens (primary N) is 1. The Labute approximate surface area is 146 Å². The van der Waals surface area contributed by atoms with Gasteiger partial charge in [0.05, 0.1) is 10.1 Å². The molecule has 0 aliphatic carbocycles. The number of nitrogens with zero attached hydrogens (tertiary/aromatic N) is 2. The van der Waals surface area contributed by atoms with Crippen LogP contribution in [0.25, 0.3) is 10.9 Å². The van der Waals surface area contributed by atoms with Crippen LogP contribution >= 0.6 is 15.9 Å². The molecule has 3 rings (SSSR count). The van der Waals surface area contributed by atoms with Gasteiger partial charge in [0, 0.05) is 29.4 Å². The van der Waals surface area contributed by atoms with Gasteiger partial charge >= 0.3 is 0 Å². The summed E-state index contributed by atoms with van der Waals surface area (Å²) < 4.78 is 2.86. The number of primary amides is 1. The zero-order chi connectivity index (χ0) is 17.3. The third-order valence-electron chi connectivity index (χ3n) is 3.69. The quantitative estimate of drug-likeness (QED) is 0.721. The van der Waals surface area contributed by atoms with Crippen LogP contribution in [0.3, 0.4) is 0 Å². The topological polar surface area (TPSA) is 90.0 Å². The van der Waals surface area contributed by atoms with Crippen LogP contribution < -0.4 is 11.1 Å². The van der Waals surface area contributed by atoms with Crippen molar-refractivity contribution in [2.24, 2.45) is 5.73 Å². The van der Waals surface area contributed by atoms with Crippen molar-refractivity contribution < 1.29 is 9.59 Å². The molecule has 0 fully saturated rings. The van der Waals surface area contributed by atoms with Crippen molar-refractivity contribution in [1.82, 2.24) is 9.55 Å². The lowest BCUT2D eigenvalue weighted by Crippen LogP contribution is -2.16. The molecule has 122 valence electrons. The second-order valence-electron chi connectivity index (χ2n) is 5.21. The number of amides is 2. The van der Waals surface area contributed by atoms with Gasteiger partial charge in [-0.25, -0.2) is 4.98 Å². The molecular weight excluding hydrogens is 372 g/mol. The van der Waals surface area contributed by atoms with Crippen molar-refractivity contribution in [3.63, 3.8) is 0 Å². The SMILES string of the molecule is CCn1c(Br)cc2ccnc(C(=O)Nc3cccc(C(N)=O)c3)c21. The Balaban J connectivity index is 2.00. The van der Waals surface area contributed by atoms with E-state index < -0.39 is 5.91 Å². The molecule has 6 nitrogen and oxygen atoms in total. The number of halogens is 1. The fourth-order valence-electron chi connectivity index (χ4n) is 2.60. The molecule has 0 radical (unpaired) electrons. The van der Waals surface area contributed by atoms with Crippen LogP contribution in [0, 0.1) is 0 Å². The number of nitrogens with one attached hydrogen (secondary N) is 1. The van der Waals surface area contributed by atoms with Crippen molar-refractivity contribution in [3.8, 4) is 0 Å². The van der Waals surface area contributed by atoms with Gasteiger partial charge in [-0.15, -0.1) is 0 Å².